The Hall–Kier alpha value is -1.66. The maximum atomic E-state index is 12.4. The van der Waals surface area contributed by atoms with Crippen LogP contribution in [0.3, 0.4) is 0 Å². The molecule has 4 aliphatic heterocycles. The Morgan fingerprint density at radius 2 is 2.19 bits per heavy atom. The van der Waals surface area contributed by atoms with E-state index in [1.54, 1.807) is 0 Å². The second kappa shape index (κ2) is 7.06. The number of carbonyl (C=O) groups excluding carboxylic acids is 1. The van der Waals surface area contributed by atoms with E-state index in [1.165, 1.54) is 19.3 Å². The third-order valence-corrected chi connectivity index (χ3v) is 7.11. The fourth-order valence-electron chi connectivity index (χ4n) is 5.79. The van der Waals surface area contributed by atoms with E-state index < -0.39 is 0 Å². The van der Waals surface area contributed by atoms with Gasteiger partial charge in [0, 0.05) is 37.7 Å². The van der Waals surface area contributed by atoms with Gasteiger partial charge >= 0.3 is 0 Å². The van der Waals surface area contributed by atoms with Gasteiger partial charge in [0.25, 0.3) is 0 Å². The molecule has 0 radical (unpaired) electrons. The molecule has 27 heavy (non-hydrogen) atoms. The number of carbonyl (C=O) groups is 1. The molecular weight excluding hydrogens is 340 g/mol. The van der Waals surface area contributed by atoms with Crippen molar-refractivity contribution in [1.82, 2.24) is 15.2 Å². The second-order valence-corrected chi connectivity index (χ2v) is 8.74. The van der Waals surface area contributed by atoms with E-state index in [0.717, 1.165) is 51.4 Å². The first-order chi connectivity index (χ1) is 13.2. The monoisotopic (exact) mass is 370 g/mol. The normalized spacial score (nSPS) is 35.4. The summed E-state index contributed by atoms with van der Waals surface area (Å²) in [6.07, 6.45) is 8.19. The van der Waals surface area contributed by atoms with Gasteiger partial charge < -0.3 is 15.0 Å². The van der Waals surface area contributed by atoms with Gasteiger partial charge in [-0.25, -0.2) is 4.98 Å². The summed E-state index contributed by atoms with van der Waals surface area (Å²) in [5, 5.41) is 3.23. The molecule has 6 nitrogen and oxygen atoms in total. The third-order valence-electron chi connectivity index (χ3n) is 7.11. The number of anilines is 1. The van der Waals surface area contributed by atoms with Crippen molar-refractivity contribution in [1.29, 1.82) is 0 Å². The van der Waals surface area contributed by atoms with Crippen LogP contribution in [0.5, 0.6) is 0 Å². The van der Waals surface area contributed by atoms with Crippen molar-refractivity contribution < 1.29 is 9.53 Å². The number of nitrogens with zero attached hydrogens (tertiary/aromatic N) is 3. The van der Waals surface area contributed by atoms with E-state index in [-0.39, 0.29) is 11.5 Å². The minimum Gasteiger partial charge on any atom is -0.369 e. The van der Waals surface area contributed by atoms with Crippen molar-refractivity contribution in [3.63, 3.8) is 0 Å². The number of rotatable bonds is 5. The highest BCUT2D eigenvalue weighted by atomic mass is 16.5. The van der Waals surface area contributed by atoms with E-state index in [4.69, 9.17) is 4.74 Å². The van der Waals surface area contributed by atoms with Gasteiger partial charge in [-0.2, -0.15) is 0 Å². The number of pyridine rings is 1. The van der Waals surface area contributed by atoms with Crippen LogP contribution in [0.1, 0.15) is 32.1 Å². The average molecular weight is 370 g/mol. The van der Waals surface area contributed by atoms with Crippen LogP contribution in [0.15, 0.2) is 24.4 Å². The standard InChI is InChI=1S/C21H30N4O2/c26-20(14-24-10-4-1-5-11-24)23-12-16-17-13-25(19-6-2-3-9-22-19)15-21(17)8-7-18(16)27-21/h2-3,6,9,16-18H,1,4-5,7-8,10-15H2,(H,23,26)/t16-,17+,18+,21+/m0/s1. The lowest BCUT2D eigenvalue weighted by molar-refractivity contribution is -0.122. The van der Waals surface area contributed by atoms with Gasteiger partial charge in [-0.15, -0.1) is 0 Å². The predicted octanol–water partition coefficient (Wildman–Crippen LogP) is 1.67. The first-order valence-corrected chi connectivity index (χ1v) is 10.6. The van der Waals surface area contributed by atoms with Gasteiger partial charge in [-0.3, -0.25) is 9.69 Å². The number of likely N-dealkylation sites (tertiary alicyclic amines) is 1. The molecule has 4 atom stereocenters. The Balaban J connectivity index is 1.20. The Kier molecular flexibility index (Phi) is 4.56. The van der Waals surface area contributed by atoms with Crippen LogP contribution >= 0.6 is 0 Å². The molecule has 4 fully saturated rings. The lowest BCUT2D eigenvalue weighted by atomic mass is 9.73. The molecule has 1 N–H and O–H groups in total. The first-order valence-electron chi connectivity index (χ1n) is 10.6. The topological polar surface area (TPSA) is 57.7 Å². The van der Waals surface area contributed by atoms with Gasteiger partial charge in [0.15, 0.2) is 0 Å². The van der Waals surface area contributed by atoms with Crippen molar-refractivity contribution in [2.75, 3.05) is 44.2 Å². The molecule has 4 aliphatic rings. The van der Waals surface area contributed by atoms with Crippen LogP contribution in [-0.4, -0.2) is 66.8 Å². The maximum absolute atomic E-state index is 12.4. The van der Waals surface area contributed by atoms with Crippen molar-refractivity contribution >= 4 is 11.7 Å². The van der Waals surface area contributed by atoms with Gasteiger partial charge in [-0.1, -0.05) is 12.5 Å². The number of hydrogen-bond donors (Lipinski definition) is 1. The number of nitrogens with one attached hydrogen (secondary N) is 1. The number of ether oxygens (including phenoxy) is 1. The SMILES string of the molecule is O=C(CN1CCCCC1)NC[C@H]1[C@H]2CN(c3ccccn3)C[C@]23CC[C@H]1O3. The molecule has 6 heteroatoms. The molecule has 4 saturated heterocycles. The minimum absolute atomic E-state index is 0.0234. The molecule has 1 aromatic heterocycles. The fraction of sp³-hybridized carbons (Fsp3) is 0.714. The summed E-state index contributed by atoms with van der Waals surface area (Å²) < 4.78 is 6.50. The van der Waals surface area contributed by atoms with Gasteiger partial charge in [0.05, 0.1) is 18.2 Å². The molecule has 146 valence electrons. The quantitative estimate of drug-likeness (QED) is 0.854. The second-order valence-electron chi connectivity index (χ2n) is 8.74. The molecular formula is C21H30N4O2. The van der Waals surface area contributed by atoms with E-state index in [0.29, 0.717) is 24.5 Å². The lowest BCUT2D eigenvalue weighted by Gasteiger charge is -2.30. The number of piperidine rings is 1. The van der Waals surface area contributed by atoms with E-state index in [9.17, 15) is 4.79 Å². The largest absolute Gasteiger partial charge is 0.369 e. The summed E-state index contributed by atoms with van der Waals surface area (Å²) in [5.41, 5.74) is -0.0234. The Labute approximate surface area is 161 Å². The zero-order valence-corrected chi connectivity index (χ0v) is 16.0. The van der Waals surface area contributed by atoms with Crippen molar-refractivity contribution in [3.8, 4) is 0 Å². The lowest BCUT2D eigenvalue weighted by Crippen LogP contribution is -2.45. The molecule has 0 saturated carbocycles. The molecule has 0 unspecified atom stereocenters. The predicted molar refractivity (Wildman–Crippen MR) is 104 cm³/mol. The zero-order valence-electron chi connectivity index (χ0n) is 16.0. The van der Waals surface area contributed by atoms with E-state index >= 15 is 0 Å². The zero-order chi connectivity index (χ0) is 18.3. The maximum Gasteiger partial charge on any atom is 0.234 e. The van der Waals surface area contributed by atoms with Crippen molar-refractivity contribution in [3.05, 3.63) is 24.4 Å². The highest BCUT2D eigenvalue weighted by molar-refractivity contribution is 5.78. The molecule has 0 aromatic carbocycles. The summed E-state index contributed by atoms with van der Waals surface area (Å²) in [5.74, 6) is 2.14. The number of aromatic nitrogens is 1. The van der Waals surface area contributed by atoms with Gasteiger partial charge in [0.2, 0.25) is 5.91 Å². The van der Waals surface area contributed by atoms with Gasteiger partial charge in [-0.05, 0) is 50.9 Å². The Bertz CT molecular complexity index is 678. The smallest absolute Gasteiger partial charge is 0.234 e. The minimum atomic E-state index is -0.0234. The fourth-order valence-corrected chi connectivity index (χ4v) is 5.79. The van der Waals surface area contributed by atoms with E-state index in [2.05, 4.69) is 26.2 Å². The molecule has 1 spiro atoms. The van der Waals surface area contributed by atoms with Gasteiger partial charge in [0.1, 0.15) is 5.82 Å². The molecule has 0 aliphatic carbocycles. The van der Waals surface area contributed by atoms with Crippen molar-refractivity contribution in [2.45, 2.75) is 43.8 Å². The Morgan fingerprint density at radius 1 is 1.30 bits per heavy atom. The van der Waals surface area contributed by atoms with Crippen LogP contribution in [0.2, 0.25) is 0 Å². The highest BCUT2D eigenvalue weighted by Gasteiger charge is 2.63. The number of hydrogen-bond acceptors (Lipinski definition) is 5. The molecule has 1 aromatic rings. The Morgan fingerprint density at radius 3 is 3.00 bits per heavy atom. The molecule has 5 rings (SSSR count). The average Bonchev–Trinajstić information content (AvgIpc) is 3.36. The van der Waals surface area contributed by atoms with E-state index in [1.807, 2.05) is 18.3 Å². The van der Waals surface area contributed by atoms with Crippen LogP contribution in [0, 0.1) is 11.8 Å². The summed E-state index contributed by atoms with van der Waals surface area (Å²) in [4.78, 5) is 21.6. The summed E-state index contributed by atoms with van der Waals surface area (Å²) >= 11 is 0. The van der Waals surface area contributed by atoms with Crippen molar-refractivity contribution in [2.24, 2.45) is 11.8 Å². The third kappa shape index (κ3) is 3.23. The van der Waals surface area contributed by atoms with Crippen LogP contribution in [0.25, 0.3) is 0 Å². The molecule has 1 amide bonds. The molecule has 2 bridgehead atoms. The summed E-state index contributed by atoms with van der Waals surface area (Å²) in [6.45, 7) is 5.35. The summed E-state index contributed by atoms with van der Waals surface area (Å²) in [7, 11) is 0. The van der Waals surface area contributed by atoms with Crippen LogP contribution < -0.4 is 10.2 Å². The number of amides is 1. The number of fused-ring (bicyclic) bond motifs is 1. The first kappa shape index (κ1) is 17.4. The van der Waals surface area contributed by atoms with Crippen LogP contribution in [-0.2, 0) is 9.53 Å². The summed E-state index contributed by atoms with van der Waals surface area (Å²) in [6, 6.07) is 6.09. The highest BCUT2D eigenvalue weighted by Crippen LogP contribution is 2.55. The van der Waals surface area contributed by atoms with Crippen LogP contribution in [0.4, 0.5) is 5.82 Å². The molecule has 5 heterocycles.